The average Bonchev–Trinajstić information content (AvgIpc) is 2.74. The number of carbonyl (C=O) groups excluding carboxylic acids is 2. The minimum Gasteiger partial charge on any atom is -0.371 e. The van der Waals surface area contributed by atoms with Crippen LogP contribution in [0.4, 0.5) is 11.4 Å². The number of piperidine rings is 1. The minimum atomic E-state index is -0.123. The molecule has 1 atom stereocenters. The molecule has 1 saturated heterocycles. The second kappa shape index (κ2) is 9.59. The van der Waals surface area contributed by atoms with Crippen molar-refractivity contribution in [2.45, 2.75) is 46.1 Å². The number of nitrogens with zero attached hydrogens (tertiary/aromatic N) is 1. The molecule has 1 fully saturated rings. The fraction of sp³-hybridized carbons (Fsp3) is 0.417. The predicted octanol–water partition coefficient (Wildman–Crippen LogP) is 4.76. The van der Waals surface area contributed by atoms with Gasteiger partial charge in [-0.05, 0) is 49.9 Å². The number of amides is 2. The summed E-state index contributed by atoms with van der Waals surface area (Å²) in [5.74, 6) is -0.297. The van der Waals surface area contributed by atoms with Gasteiger partial charge in [-0.25, -0.2) is 0 Å². The smallest absolute Gasteiger partial charge is 0.253 e. The van der Waals surface area contributed by atoms with E-state index in [0.717, 1.165) is 37.2 Å². The SMILES string of the molecule is CC(C)C(=O)Nc1ccc(N2CCCCC2)c(C(=O)N[C@H](C)c2ccccc2)c1. The molecule has 1 aliphatic rings. The molecular weight excluding hydrogens is 362 g/mol. The van der Waals surface area contributed by atoms with Crippen LogP contribution >= 0.6 is 0 Å². The molecule has 2 amide bonds. The summed E-state index contributed by atoms with van der Waals surface area (Å²) in [6, 6.07) is 15.5. The largest absolute Gasteiger partial charge is 0.371 e. The fourth-order valence-electron chi connectivity index (χ4n) is 3.59. The van der Waals surface area contributed by atoms with E-state index >= 15 is 0 Å². The van der Waals surface area contributed by atoms with Gasteiger partial charge in [0, 0.05) is 30.4 Å². The van der Waals surface area contributed by atoms with Crippen LogP contribution < -0.4 is 15.5 Å². The fourth-order valence-corrected chi connectivity index (χ4v) is 3.59. The Balaban J connectivity index is 1.87. The zero-order valence-corrected chi connectivity index (χ0v) is 17.6. The highest BCUT2D eigenvalue weighted by molar-refractivity contribution is 6.02. The maximum atomic E-state index is 13.2. The molecule has 0 radical (unpaired) electrons. The molecule has 0 bridgehead atoms. The number of hydrogen-bond acceptors (Lipinski definition) is 3. The van der Waals surface area contributed by atoms with E-state index in [9.17, 15) is 9.59 Å². The molecule has 2 aromatic carbocycles. The molecule has 154 valence electrons. The summed E-state index contributed by atoms with van der Waals surface area (Å²) in [5, 5.41) is 6.03. The summed E-state index contributed by atoms with van der Waals surface area (Å²) in [5.41, 5.74) is 3.26. The molecule has 29 heavy (non-hydrogen) atoms. The van der Waals surface area contributed by atoms with E-state index in [2.05, 4.69) is 15.5 Å². The Labute approximate surface area is 173 Å². The van der Waals surface area contributed by atoms with Crippen molar-refractivity contribution in [1.82, 2.24) is 5.32 Å². The molecule has 0 aliphatic carbocycles. The third kappa shape index (κ3) is 5.37. The van der Waals surface area contributed by atoms with Crippen molar-refractivity contribution in [3.05, 3.63) is 59.7 Å². The van der Waals surface area contributed by atoms with Gasteiger partial charge in [0.1, 0.15) is 0 Å². The van der Waals surface area contributed by atoms with Gasteiger partial charge in [0.15, 0.2) is 0 Å². The maximum Gasteiger partial charge on any atom is 0.253 e. The van der Waals surface area contributed by atoms with Gasteiger partial charge >= 0.3 is 0 Å². The van der Waals surface area contributed by atoms with Gasteiger partial charge in [0.2, 0.25) is 5.91 Å². The van der Waals surface area contributed by atoms with Gasteiger partial charge in [-0.2, -0.15) is 0 Å². The zero-order valence-electron chi connectivity index (χ0n) is 17.6. The standard InChI is InChI=1S/C24H31N3O2/c1-17(2)23(28)26-20-12-13-22(27-14-8-5-9-15-27)21(16-20)24(29)25-18(3)19-10-6-4-7-11-19/h4,6-7,10-13,16-18H,5,8-9,14-15H2,1-3H3,(H,25,29)(H,26,28)/t18-/m1/s1. The van der Waals surface area contributed by atoms with Gasteiger partial charge in [0.25, 0.3) is 5.91 Å². The highest BCUT2D eigenvalue weighted by Crippen LogP contribution is 2.28. The molecule has 0 aromatic heterocycles. The van der Waals surface area contributed by atoms with Crippen LogP contribution in [0.2, 0.25) is 0 Å². The summed E-state index contributed by atoms with van der Waals surface area (Å²) in [7, 11) is 0. The maximum absolute atomic E-state index is 13.2. The van der Waals surface area contributed by atoms with Crippen molar-refractivity contribution < 1.29 is 9.59 Å². The molecule has 2 N–H and O–H groups in total. The third-order valence-electron chi connectivity index (χ3n) is 5.38. The van der Waals surface area contributed by atoms with Crippen LogP contribution in [0.15, 0.2) is 48.5 Å². The van der Waals surface area contributed by atoms with Crippen molar-refractivity contribution in [3.8, 4) is 0 Å². The van der Waals surface area contributed by atoms with E-state index in [4.69, 9.17) is 0 Å². The van der Waals surface area contributed by atoms with Crippen molar-refractivity contribution in [3.63, 3.8) is 0 Å². The first-order valence-corrected chi connectivity index (χ1v) is 10.5. The monoisotopic (exact) mass is 393 g/mol. The molecule has 2 aromatic rings. The molecule has 5 nitrogen and oxygen atoms in total. The first kappa shape index (κ1) is 20.9. The normalized spacial score (nSPS) is 15.1. The van der Waals surface area contributed by atoms with Gasteiger partial charge in [0.05, 0.1) is 11.6 Å². The number of carbonyl (C=O) groups is 2. The molecular formula is C24H31N3O2. The molecule has 1 heterocycles. The number of benzene rings is 2. The van der Waals surface area contributed by atoms with Crippen LogP contribution in [0.5, 0.6) is 0 Å². The van der Waals surface area contributed by atoms with Crippen LogP contribution in [0.1, 0.15) is 62.0 Å². The van der Waals surface area contributed by atoms with Crippen LogP contribution in [0.3, 0.4) is 0 Å². The highest BCUT2D eigenvalue weighted by atomic mass is 16.2. The average molecular weight is 394 g/mol. The summed E-state index contributed by atoms with van der Waals surface area (Å²) < 4.78 is 0. The second-order valence-corrected chi connectivity index (χ2v) is 8.03. The van der Waals surface area contributed by atoms with Crippen LogP contribution in [0.25, 0.3) is 0 Å². The van der Waals surface area contributed by atoms with Crippen molar-refractivity contribution in [1.29, 1.82) is 0 Å². The third-order valence-corrected chi connectivity index (χ3v) is 5.38. The topological polar surface area (TPSA) is 61.4 Å². The Bertz CT molecular complexity index is 842. The molecule has 1 aliphatic heterocycles. The lowest BCUT2D eigenvalue weighted by Gasteiger charge is -2.31. The minimum absolute atomic E-state index is 0.0558. The molecule has 5 heteroatoms. The molecule has 0 spiro atoms. The van der Waals surface area contributed by atoms with E-state index in [-0.39, 0.29) is 23.8 Å². The Hall–Kier alpha value is -2.82. The summed E-state index contributed by atoms with van der Waals surface area (Å²) in [4.78, 5) is 27.6. The lowest BCUT2D eigenvalue weighted by atomic mass is 10.0. The van der Waals surface area contributed by atoms with Gasteiger partial charge in [-0.1, -0.05) is 44.2 Å². The molecule has 3 rings (SSSR count). The lowest BCUT2D eigenvalue weighted by Crippen LogP contribution is -2.33. The van der Waals surface area contributed by atoms with Crippen molar-refractivity contribution in [2.24, 2.45) is 5.92 Å². The lowest BCUT2D eigenvalue weighted by molar-refractivity contribution is -0.118. The first-order valence-electron chi connectivity index (χ1n) is 10.5. The molecule has 0 saturated carbocycles. The van der Waals surface area contributed by atoms with Crippen LogP contribution in [-0.2, 0) is 4.79 Å². The van der Waals surface area contributed by atoms with E-state index in [0.29, 0.717) is 11.3 Å². The number of rotatable bonds is 6. The van der Waals surface area contributed by atoms with Crippen molar-refractivity contribution in [2.75, 3.05) is 23.3 Å². The highest BCUT2D eigenvalue weighted by Gasteiger charge is 2.21. The van der Waals surface area contributed by atoms with Crippen LogP contribution in [-0.4, -0.2) is 24.9 Å². The van der Waals surface area contributed by atoms with Crippen LogP contribution in [0, 0.1) is 5.92 Å². The van der Waals surface area contributed by atoms with Gasteiger partial charge in [-0.15, -0.1) is 0 Å². The zero-order chi connectivity index (χ0) is 20.8. The summed E-state index contributed by atoms with van der Waals surface area (Å²) >= 11 is 0. The van der Waals surface area contributed by atoms with Gasteiger partial charge in [-0.3, -0.25) is 9.59 Å². The quantitative estimate of drug-likeness (QED) is 0.744. The number of hydrogen-bond donors (Lipinski definition) is 2. The Morgan fingerprint density at radius 1 is 0.931 bits per heavy atom. The first-order chi connectivity index (χ1) is 14.0. The van der Waals surface area contributed by atoms with E-state index in [1.165, 1.54) is 6.42 Å². The van der Waals surface area contributed by atoms with E-state index < -0.39 is 0 Å². The van der Waals surface area contributed by atoms with Gasteiger partial charge < -0.3 is 15.5 Å². The summed E-state index contributed by atoms with van der Waals surface area (Å²) in [6.45, 7) is 7.59. The Morgan fingerprint density at radius 2 is 1.62 bits per heavy atom. The number of nitrogens with one attached hydrogen (secondary N) is 2. The molecule has 0 unspecified atom stereocenters. The van der Waals surface area contributed by atoms with E-state index in [1.54, 1.807) is 6.07 Å². The second-order valence-electron chi connectivity index (χ2n) is 8.03. The Morgan fingerprint density at radius 3 is 2.28 bits per heavy atom. The number of anilines is 2. The summed E-state index contributed by atoms with van der Waals surface area (Å²) in [6.07, 6.45) is 3.49. The Kier molecular flexibility index (Phi) is 6.91. The van der Waals surface area contributed by atoms with Crippen molar-refractivity contribution >= 4 is 23.2 Å². The van der Waals surface area contributed by atoms with E-state index in [1.807, 2.05) is 63.2 Å². The predicted molar refractivity (Wildman–Crippen MR) is 118 cm³/mol.